The zero-order chi connectivity index (χ0) is 39.0. The summed E-state index contributed by atoms with van der Waals surface area (Å²) in [5, 5.41) is 10.2. The minimum atomic E-state index is 0. The average molecular weight is 712 g/mol. The van der Waals surface area contributed by atoms with Crippen molar-refractivity contribution in [3.63, 3.8) is 0 Å². The normalized spacial score (nSPS) is 12.1. The lowest BCUT2D eigenvalue weighted by atomic mass is 9.84. The molecule has 0 radical (unpaired) electrons. The lowest BCUT2D eigenvalue weighted by molar-refractivity contribution is -0.0980. The average Bonchev–Trinajstić information content (AvgIpc) is 3.51. The minimum absolute atomic E-state index is 0. The fraction of sp³-hybridized carbons (Fsp3) is 0.605. The highest BCUT2D eigenvalue weighted by Gasteiger charge is 2.16. The second kappa shape index (κ2) is 33.3. The van der Waals surface area contributed by atoms with Crippen molar-refractivity contribution >= 4 is 35.9 Å². The van der Waals surface area contributed by atoms with Crippen LogP contribution in [0.1, 0.15) is 140 Å². The van der Waals surface area contributed by atoms with Gasteiger partial charge in [0.1, 0.15) is 6.79 Å². The van der Waals surface area contributed by atoms with E-state index in [1.807, 2.05) is 55.3 Å². The number of anilines is 1. The van der Waals surface area contributed by atoms with Crippen LogP contribution in [-0.4, -0.2) is 45.9 Å². The van der Waals surface area contributed by atoms with Crippen molar-refractivity contribution in [2.24, 2.45) is 17.6 Å². The summed E-state index contributed by atoms with van der Waals surface area (Å²) in [5.74, 6) is 2.95. The maximum absolute atomic E-state index is 8.00. The molecule has 0 saturated heterocycles. The van der Waals surface area contributed by atoms with Gasteiger partial charge in [-0.1, -0.05) is 115 Å². The summed E-state index contributed by atoms with van der Waals surface area (Å²) in [6.07, 6.45) is 20.4. The van der Waals surface area contributed by atoms with E-state index in [9.17, 15) is 0 Å². The van der Waals surface area contributed by atoms with E-state index < -0.39 is 0 Å². The van der Waals surface area contributed by atoms with Crippen LogP contribution in [0.2, 0.25) is 0 Å². The van der Waals surface area contributed by atoms with Gasteiger partial charge in [0.25, 0.3) is 0 Å². The van der Waals surface area contributed by atoms with E-state index >= 15 is 0 Å². The van der Waals surface area contributed by atoms with Crippen LogP contribution >= 0.6 is 11.8 Å². The number of hydrogen-bond donors (Lipinski definition) is 1. The number of allylic oxidation sites excluding steroid dienone is 5. The molecule has 2 N–H and O–H groups in total. The topological polar surface area (TPSA) is 77.0 Å². The molecule has 0 aliphatic heterocycles. The molecule has 7 heteroatoms. The molecule has 0 spiro atoms. The van der Waals surface area contributed by atoms with Crippen LogP contribution < -0.4 is 10.6 Å². The quantitative estimate of drug-likeness (QED) is 0.0888. The van der Waals surface area contributed by atoms with E-state index in [0.717, 1.165) is 67.6 Å². The number of carbonyl (C=O) groups excluding carboxylic acids is 1. The third-order valence-corrected chi connectivity index (χ3v) is 8.46. The Labute approximate surface area is 314 Å². The van der Waals surface area contributed by atoms with Crippen LogP contribution in [0.25, 0.3) is 11.6 Å². The third kappa shape index (κ3) is 23.5. The van der Waals surface area contributed by atoms with Gasteiger partial charge in [0.2, 0.25) is 0 Å². The smallest absolute Gasteiger partial charge is 0.191 e. The number of carbonyl (C=O) groups is 1. The first-order valence-electron chi connectivity index (χ1n) is 19.1. The maximum atomic E-state index is 8.00. The fourth-order valence-corrected chi connectivity index (χ4v) is 5.88. The number of aromatic nitrogens is 3. The molecule has 1 aromatic heterocycles. The number of nitrogens with two attached hydrogens (primary N) is 1. The van der Waals surface area contributed by atoms with Crippen LogP contribution in [0.15, 0.2) is 66.4 Å². The molecule has 50 heavy (non-hydrogen) atoms. The summed E-state index contributed by atoms with van der Waals surface area (Å²) < 4.78 is 2.30. The molecule has 2 atom stereocenters. The Hall–Kier alpha value is -2.90. The Morgan fingerprint density at radius 2 is 1.48 bits per heavy atom. The van der Waals surface area contributed by atoms with Gasteiger partial charge in [-0.2, -0.15) is 0 Å². The molecule has 0 aliphatic rings. The summed E-state index contributed by atoms with van der Waals surface area (Å²) in [6.45, 7) is 36.4. The van der Waals surface area contributed by atoms with E-state index in [1.54, 1.807) is 11.8 Å². The van der Waals surface area contributed by atoms with Crippen LogP contribution in [0, 0.1) is 11.8 Å². The van der Waals surface area contributed by atoms with Gasteiger partial charge >= 0.3 is 0 Å². The minimum Gasteiger partial charge on any atom is -0.372 e. The molecule has 0 amide bonds. The second-order valence-corrected chi connectivity index (χ2v) is 13.4. The first-order valence-corrected chi connectivity index (χ1v) is 20.1. The largest absolute Gasteiger partial charge is 0.372 e. The molecular weight excluding hydrogens is 635 g/mol. The van der Waals surface area contributed by atoms with Gasteiger partial charge in [-0.15, -0.1) is 10.2 Å². The van der Waals surface area contributed by atoms with Crippen molar-refractivity contribution in [1.82, 2.24) is 14.8 Å². The van der Waals surface area contributed by atoms with Crippen molar-refractivity contribution in [3.05, 3.63) is 72.6 Å². The number of thioether (sulfide) groups is 1. The number of hydrogen-bond acceptors (Lipinski definition) is 6. The van der Waals surface area contributed by atoms with Crippen molar-refractivity contribution < 1.29 is 4.79 Å². The number of benzene rings is 1. The summed E-state index contributed by atoms with van der Waals surface area (Å²) in [5.41, 5.74) is 8.93. The van der Waals surface area contributed by atoms with Gasteiger partial charge in [-0.3, -0.25) is 0 Å². The Morgan fingerprint density at radius 1 is 0.920 bits per heavy atom. The SMILES string of the molecule is C=C(CSc1nnc(/C=C/CC(C/C=C\C)C(/C=C\C)CC)n1CCCCC)c1ccc(N(CC)CC)cc1.C=O.CC.CC.CC(C)(C)N. The summed E-state index contributed by atoms with van der Waals surface area (Å²) in [6, 6.07) is 8.80. The highest BCUT2D eigenvalue weighted by molar-refractivity contribution is 7.99. The van der Waals surface area contributed by atoms with Gasteiger partial charge in [0.15, 0.2) is 11.0 Å². The van der Waals surface area contributed by atoms with Crippen molar-refractivity contribution in [2.75, 3.05) is 23.7 Å². The molecule has 0 bridgehead atoms. The van der Waals surface area contributed by atoms with Crippen LogP contribution in [0.4, 0.5) is 5.69 Å². The van der Waals surface area contributed by atoms with E-state index in [4.69, 9.17) is 10.5 Å². The van der Waals surface area contributed by atoms with E-state index in [1.165, 1.54) is 24.1 Å². The standard InChI is InChI=1S/C34H52N4S.C4H11N.2C2H6.CH2O/c1-8-14-16-26-38-33(21-17-20-31(19-15-9-2)29(11-4)18-10-3)35-36-34(38)39-27-28(7)30-22-24-32(25-23-30)37(12-5)13-6;1-4(2,3)5;3*1-2/h9-10,15,17-18,21-25,29,31H,7-8,11-14,16,19-20,26-27H2,1-6H3;5H2,1-3H3;2*1-2H3;1H2/b15-9-,18-10-,21-17+;;;;. The van der Waals surface area contributed by atoms with Gasteiger partial charge in [0, 0.05) is 36.6 Å². The zero-order valence-electron chi connectivity index (χ0n) is 34.6. The van der Waals surface area contributed by atoms with Gasteiger partial charge < -0.3 is 20.0 Å². The van der Waals surface area contributed by atoms with Crippen molar-refractivity contribution in [3.8, 4) is 0 Å². The molecule has 0 aliphatic carbocycles. The Morgan fingerprint density at radius 3 is 1.96 bits per heavy atom. The maximum Gasteiger partial charge on any atom is 0.191 e. The molecule has 286 valence electrons. The number of unbranched alkanes of at least 4 members (excludes halogenated alkanes) is 2. The predicted molar refractivity (Wildman–Crippen MR) is 228 cm³/mol. The van der Waals surface area contributed by atoms with Crippen LogP contribution in [-0.2, 0) is 11.3 Å². The lowest BCUT2D eigenvalue weighted by Crippen LogP contribution is -2.26. The molecule has 0 saturated carbocycles. The molecule has 2 rings (SSSR count). The molecule has 2 aromatic rings. The lowest BCUT2D eigenvalue weighted by Gasteiger charge is -2.21. The zero-order valence-corrected chi connectivity index (χ0v) is 35.4. The Kier molecular flexibility index (Phi) is 34.2. The highest BCUT2D eigenvalue weighted by Crippen LogP contribution is 2.28. The summed E-state index contributed by atoms with van der Waals surface area (Å²) in [4.78, 5) is 10.4. The molecule has 2 unspecified atom stereocenters. The second-order valence-electron chi connectivity index (χ2n) is 12.5. The van der Waals surface area contributed by atoms with Crippen LogP contribution in [0.5, 0.6) is 0 Å². The summed E-state index contributed by atoms with van der Waals surface area (Å²) >= 11 is 1.74. The van der Waals surface area contributed by atoms with Crippen molar-refractivity contribution in [1.29, 1.82) is 0 Å². The van der Waals surface area contributed by atoms with Gasteiger partial charge in [-0.05, 0) is 115 Å². The molecule has 1 heterocycles. The van der Waals surface area contributed by atoms with Crippen LogP contribution in [0.3, 0.4) is 0 Å². The molecule has 6 nitrogen and oxygen atoms in total. The fourth-order valence-electron chi connectivity index (χ4n) is 4.97. The third-order valence-electron chi connectivity index (χ3n) is 7.41. The monoisotopic (exact) mass is 712 g/mol. The first kappa shape index (κ1) is 51.5. The molecule has 1 aromatic carbocycles. The predicted octanol–water partition coefficient (Wildman–Crippen LogP) is 12.3. The number of nitrogens with zero attached hydrogens (tertiary/aromatic N) is 4. The summed E-state index contributed by atoms with van der Waals surface area (Å²) in [7, 11) is 0. The van der Waals surface area contributed by atoms with Gasteiger partial charge in [-0.25, -0.2) is 0 Å². The van der Waals surface area contributed by atoms with E-state index in [-0.39, 0.29) is 5.54 Å². The molecular formula is C43H77N5OS. The number of rotatable bonds is 19. The van der Waals surface area contributed by atoms with E-state index in [0.29, 0.717) is 11.8 Å². The van der Waals surface area contributed by atoms with Gasteiger partial charge in [0.05, 0.1) is 0 Å². The highest BCUT2D eigenvalue weighted by atomic mass is 32.2. The first-order chi connectivity index (χ1) is 24.0. The Bertz CT molecular complexity index is 1150. The van der Waals surface area contributed by atoms with E-state index in [2.05, 4.69) is 129 Å². The van der Waals surface area contributed by atoms with Crippen molar-refractivity contribution in [2.45, 2.75) is 146 Å². The molecule has 0 fully saturated rings. The Balaban J connectivity index is -0.00000178.